The van der Waals surface area contributed by atoms with Gasteiger partial charge in [-0.25, -0.2) is 0 Å². The topological polar surface area (TPSA) is 66.4 Å². The Morgan fingerprint density at radius 3 is 2.53 bits per heavy atom. The van der Waals surface area contributed by atoms with Crippen LogP contribution in [0.5, 0.6) is 0 Å². The van der Waals surface area contributed by atoms with E-state index in [-0.39, 0.29) is 12.3 Å². The minimum atomic E-state index is -0.967. The second-order valence-electron chi connectivity index (χ2n) is 5.21. The van der Waals surface area contributed by atoms with Gasteiger partial charge in [-0.1, -0.05) is 43.7 Å². The van der Waals surface area contributed by atoms with Crippen molar-refractivity contribution >= 4 is 11.9 Å². The van der Waals surface area contributed by atoms with Gasteiger partial charge in [0.15, 0.2) is 0 Å². The van der Waals surface area contributed by atoms with Gasteiger partial charge in [0.05, 0.1) is 5.92 Å². The number of amides is 1. The molecule has 0 saturated carbocycles. The summed E-state index contributed by atoms with van der Waals surface area (Å²) in [7, 11) is 0. The van der Waals surface area contributed by atoms with Crippen molar-refractivity contribution in [2.75, 3.05) is 6.54 Å². The van der Waals surface area contributed by atoms with Gasteiger partial charge in [-0.05, 0) is 18.4 Å². The Hall–Kier alpha value is -1.84. The number of hydrogen-bond donors (Lipinski definition) is 2. The maximum atomic E-state index is 11.7. The van der Waals surface area contributed by atoms with Crippen LogP contribution in [0.15, 0.2) is 24.3 Å². The van der Waals surface area contributed by atoms with Gasteiger partial charge in [0.1, 0.15) is 0 Å². The number of hydrogen-bond acceptors (Lipinski definition) is 2. The molecule has 2 N–H and O–H groups in total. The fourth-order valence-corrected chi connectivity index (χ4v) is 1.81. The first-order valence-electron chi connectivity index (χ1n) is 6.46. The predicted octanol–water partition coefficient (Wildman–Crippen LogP) is 2.33. The molecule has 0 aliphatic carbocycles. The molecule has 0 aliphatic heterocycles. The van der Waals surface area contributed by atoms with Crippen LogP contribution in [0.25, 0.3) is 0 Å². The smallest absolute Gasteiger partial charge is 0.311 e. The zero-order chi connectivity index (χ0) is 14.4. The molecular weight excluding hydrogens is 242 g/mol. The zero-order valence-electron chi connectivity index (χ0n) is 11.6. The van der Waals surface area contributed by atoms with Crippen LogP contribution in [0.2, 0.25) is 0 Å². The number of aliphatic carboxylic acids is 1. The molecule has 0 saturated heterocycles. The molecule has 4 heteroatoms. The highest BCUT2D eigenvalue weighted by atomic mass is 16.4. The SMILES string of the molecule is Cc1cccc(C(CC(=O)NCC(C)C)C(=O)O)c1. The lowest BCUT2D eigenvalue weighted by Gasteiger charge is -2.14. The van der Waals surface area contributed by atoms with Crippen LogP contribution >= 0.6 is 0 Å². The number of carboxylic acids is 1. The lowest BCUT2D eigenvalue weighted by Crippen LogP contribution is -2.30. The van der Waals surface area contributed by atoms with E-state index in [1.165, 1.54) is 0 Å². The highest BCUT2D eigenvalue weighted by molar-refractivity contribution is 5.85. The Balaban J connectivity index is 2.74. The predicted molar refractivity (Wildman–Crippen MR) is 74.0 cm³/mol. The minimum absolute atomic E-state index is 0.0223. The number of nitrogens with one attached hydrogen (secondary N) is 1. The van der Waals surface area contributed by atoms with Crippen molar-refractivity contribution in [3.8, 4) is 0 Å². The van der Waals surface area contributed by atoms with Gasteiger partial charge in [-0.2, -0.15) is 0 Å². The second-order valence-corrected chi connectivity index (χ2v) is 5.21. The molecule has 0 fully saturated rings. The van der Waals surface area contributed by atoms with E-state index in [1.54, 1.807) is 6.07 Å². The monoisotopic (exact) mass is 263 g/mol. The standard InChI is InChI=1S/C15H21NO3/c1-10(2)9-16-14(17)8-13(15(18)19)12-6-4-5-11(3)7-12/h4-7,10,13H,8-9H2,1-3H3,(H,16,17)(H,18,19). The van der Waals surface area contributed by atoms with Gasteiger partial charge in [0.25, 0.3) is 0 Å². The van der Waals surface area contributed by atoms with Crippen molar-refractivity contribution in [1.29, 1.82) is 0 Å². The first-order valence-corrected chi connectivity index (χ1v) is 6.46. The molecule has 0 aliphatic rings. The maximum Gasteiger partial charge on any atom is 0.311 e. The van der Waals surface area contributed by atoms with Crippen molar-refractivity contribution in [1.82, 2.24) is 5.32 Å². The van der Waals surface area contributed by atoms with Crippen molar-refractivity contribution in [2.24, 2.45) is 5.92 Å². The van der Waals surface area contributed by atoms with E-state index >= 15 is 0 Å². The molecule has 0 spiro atoms. The molecule has 19 heavy (non-hydrogen) atoms. The largest absolute Gasteiger partial charge is 0.481 e. The maximum absolute atomic E-state index is 11.7. The molecule has 104 valence electrons. The molecule has 4 nitrogen and oxygen atoms in total. The van der Waals surface area contributed by atoms with Gasteiger partial charge in [-0.3, -0.25) is 9.59 Å². The number of rotatable bonds is 6. The van der Waals surface area contributed by atoms with Crippen molar-refractivity contribution < 1.29 is 14.7 Å². The summed E-state index contributed by atoms with van der Waals surface area (Å²) in [6.45, 7) is 6.46. The molecule has 0 radical (unpaired) electrons. The van der Waals surface area contributed by atoms with Gasteiger partial charge in [0.2, 0.25) is 5.91 Å². The average molecular weight is 263 g/mol. The van der Waals surface area contributed by atoms with Crippen molar-refractivity contribution in [2.45, 2.75) is 33.1 Å². The average Bonchev–Trinajstić information content (AvgIpc) is 2.33. The Morgan fingerprint density at radius 1 is 1.32 bits per heavy atom. The Kier molecular flexibility index (Phi) is 5.55. The summed E-state index contributed by atoms with van der Waals surface area (Å²) in [6, 6.07) is 7.28. The highest BCUT2D eigenvalue weighted by Crippen LogP contribution is 2.21. The minimum Gasteiger partial charge on any atom is -0.481 e. The van der Waals surface area contributed by atoms with Crippen LogP contribution in [0.3, 0.4) is 0 Å². The summed E-state index contributed by atoms with van der Waals surface area (Å²) >= 11 is 0. The van der Waals surface area contributed by atoms with E-state index in [0.29, 0.717) is 18.0 Å². The molecule has 1 rings (SSSR count). The molecule has 0 aromatic heterocycles. The van der Waals surface area contributed by atoms with E-state index in [0.717, 1.165) is 5.56 Å². The van der Waals surface area contributed by atoms with Crippen LogP contribution in [0.1, 0.15) is 37.3 Å². The number of aryl methyl sites for hydroxylation is 1. The molecule has 0 heterocycles. The lowest BCUT2D eigenvalue weighted by molar-refractivity contribution is -0.140. The third-order valence-electron chi connectivity index (χ3n) is 2.84. The Labute approximate surface area is 113 Å². The van der Waals surface area contributed by atoms with Gasteiger partial charge < -0.3 is 10.4 Å². The van der Waals surface area contributed by atoms with Crippen LogP contribution in [0, 0.1) is 12.8 Å². The summed E-state index contributed by atoms with van der Waals surface area (Å²) in [5.74, 6) is -1.62. The Morgan fingerprint density at radius 2 is 2.00 bits per heavy atom. The van der Waals surface area contributed by atoms with Gasteiger partial charge >= 0.3 is 5.97 Å². The molecule has 1 amide bonds. The van der Waals surface area contributed by atoms with E-state index in [4.69, 9.17) is 0 Å². The molecule has 0 bridgehead atoms. The van der Waals surface area contributed by atoms with Crippen LogP contribution in [-0.4, -0.2) is 23.5 Å². The van der Waals surface area contributed by atoms with E-state index in [2.05, 4.69) is 5.32 Å². The second kappa shape index (κ2) is 6.92. The van der Waals surface area contributed by atoms with Gasteiger partial charge in [-0.15, -0.1) is 0 Å². The molecular formula is C15H21NO3. The number of carbonyl (C=O) groups excluding carboxylic acids is 1. The first kappa shape index (κ1) is 15.2. The quantitative estimate of drug-likeness (QED) is 0.827. The van der Waals surface area contributed by atoms with Crippen LogP contribution in [0.4, 0.5) is 0 Å². The molecule has 1 unspecified atom stereocenters. The summed E-state index contributed by atoms with van der Waals surface area (Å²) in [6.07, 6.45) is -0.0223. The Bertz CT molecular complexity index is 454. The first-order chi connectivity index (χ1) is 8.90. The fraction of sp³-hybridized carbons (Fsp3) is 0.467. The number of benzene rings is 1. The van der Waals surface area contributed by atoms with E-state index in [9.17, 15) is 14.7 Å². The van der Waals surface area contributed by atoms with Crippen LogP contribution < -0.4 is 5.32 Å². The van der Waals surface area contributed by atoms with Crippen molar-refractivity contribution in [3.63, 3.8) is 0 Å². The highest BCUT2D eigenvalue weighted by Gasteiger charge is 2.23. The van der Waals surface area contributed by atoms with Gasteiger partial charge in [0, 0.05) is 13.0 Å². The van der Waals surface area contributed by atoms with Crippen LogP contribution in [-0.2, 0) is 9.59 Å². The summed E-state index contributed by atoms with van der Waals surface area (Å²) in [4.78, 5) is 23.1. The van der Waals surface area contributed by atoms with E-state index in [1.807, 2.05) is 39.0 Å². The van der Waals surface area contributed by atoms with E-state index < -0.39 is 11.9 Å². The molecule has 1 aromatic carbocycles. The summed E-state index contributed by atoms with van der Waals surface area (Å²) in [5.41, 5.74) is 1.67. The fourth-order valence-electron chi connectivity index (χ4n) is 1.81. The molecule has 1 aromatic rings. The zero-order valence-corrected chi connectivity index (χ0v) is 11.6. The third-order valence-corrected chi connectivity index (χ3v) is 2.84. The summed E-state index contributed by atoms with van der Waals surface area (Å²) < 4.78 is 0. The normalized spacial score (nSPS) is 12.2. The molecule has 1 atom stereocenters. The third kappa shape index (κ3) is 5.12. The van der Waals surface area contributed by atoms with Crippen molar-refractivity contribution in [3.05, 3.63) is 35.4 Å². The lowest BCUT2D eigenvalue weighted by atomic mass is 9.94. The number of carbonyl (C=O) groups is 2. The number of carboxylic acid groups (broad SMARTS) is 1. The summed E-state index contributed by atoms with van der Waals surface area (Å²) in [5, 5.41) is 12.0.